The summed E-state index contributed by atoms with van der Waals surface area (Å²) < 4.78 is 0. The maximum absolute atomic E-state index is 9.31. The van der Waals surface area contributed by atoms with Crippen molar-refractivity contribution >= 4 is 44.8 Å². The van der Waals surface area contributed by atoms with Crippen LogP contribution in [-0.2, 0) is 88.3 Å². The summed E-state index contributed by atoms with van der Waals surface area (Å²) in [6.45, 7) is 5.86. The number of carbonyl (C=O) groups excluding carboxylic acids is 3. The largest absolute Gasteiger partial charge is 1.00 e. The number of halogens is 2. The minimum atomic E-state index is -1.11. The van der Waals surface area contributed by atoms with E-state index in [1.165, 1.54) is 0 Å². The van der Waals surface area contributed by atoms with E-state index in [-0.39, 0.29) is 136 Å². The molecule has 24 heavy (non-hydrogen) atoms. The molecule has 0 aliphatic carbocycles. The Bertz CT molecular complexity index is 236. The molecule has 2 radical (unpaired) electrons. The van der Waals surface area contributed by atoms with Gasteiger partial charge in [-0.25, -0.2) is 0 Å². The Kier molecular flexibility index (Phi) is 222. The molecule has 0 aliphatic heterocycles. The average Bonchev–Trinajstić information content (AvgIpc) is 2.32. The summed E-state index contributed by atoms with van der Waals surface area (Å²) in [4.78, 5) is 43.1. The van der Waals surface area contributed by atoms with Crippen LogP contribution in [0.3, 0.4) is 0 Å². The summed E-state index contributed by atoms with van der Waals surface area (Å²) >= 11 is 0.757. The van der Waals surface area contributed by atoms with Gasteiger partial charge in [0.15, 0.2) is 0 Å². The van der Waals surface area contributed by atoms with E-state index in [1.807, 2.05) is 0 Å². The van der Waals surface area contributed by atoms with Gasteiger partial charge in [0.1, 0.15) is 0 Å². The average molecular weight is 606 g/mol. The van der Waals surface area contributed by atoms with E-state index in [0.29, 0.717) is 0 Å². The molecule has 0 unspecified atom stereocenters. The van der Waals surface area contributed by atoms with Crippen LogP contribution in [-0.4, -0.2) is 34.8 Å². The van der Waals surface area contributed by atoms with Crippen LogP contribution >= 0.6 is 20.2 Å². The second-order valence-corrected chi connectivity index (χ2v) is 3.05. The molecule has 151 valence electrons. The van der Waals surface area contributed by atoms with Crippen molar-refractivity contribution in [3.63, 3.8) is 0 Å². The van der Waals surface area contributed by atoms with E-state index < -0.39 is 11.9 Å². The molecule has 0 heterocycles. The standard InChI is InChI=1S/2C3H5O2.CH2O2.CO2.2ClH.4Cu.2Na/c2*1-2-3(4)5;2*2-1-3;;;;;;;;/h2*1-2H2,(H,4,5);1H,(H,2,3);;2*1H;;;;;;/q2*-1;;;;;;;+1;+2;2*+1/p-3. The summed E-state index contributed by atoms with van der Waals surface area (Å²) in [5.41, 5.74) is 0. The SMILES string of the molecule is O=C=O.O=CO.[CH2-]CC(=O)O.[CH2-]CC(=O)[O-].[Cl][Cu][Cl].[Cu+].[Cu].[Cu].[Na+].[Na+]. The monoisotopic (exact) mass is 603 g/mol. The molecule has 0 aromatic rings. The Morgan fingerprint density at radius 1 is 1.12 bits per heavy atom. The van der Waals surface area contributed by atoms with Gasteiger partial charge in [-0.05, 0) is 0 Å². The number of carboxylic acid groups (broad SMARTS) is 3. The van der Waals surface area contributed by atoms with Crippen molar-refractivity contribution in [1.29, 1.82) is 0 Å². The third-order valence-corrected chi connectivity index (χ3v) is 0.418. The summed E-state index contributed by atoms with van der Waals surface area (Å²) in [7, 11) is 9.34. The Hall–Kier alpha value is 2.45. The molecule has 0 bridgehead atoms. The normalized spacial score (nSPS) is 4.83. The zero-order valence-corrected chi connectivity index (χ0v) is 21.5. The van der Waals surface area contributed by atoms with Crippen LogP contribution in [0.25, 0.3) is 0 Å². The van der Waals surface area contributed by atoms with E-state index in [0.717, 1.165) is 13.1 Å². The summed E-state index contributed by atoms with van der Waals surface area (Å²) in [6.07, 6.45) is 0.0833. The predicted octanol–water partition coefficient (Wildman–Crippen LogP) is -6.25. The third-order valence-electron chi connectivity index (χ3n) is 0.418. The predicted molar refractivity (Wildman–Crippen MR) is 58.0 cm³/mol. The van der Waals surface area contributed by atoms with E-state index in [1.54, 1.807) is 0 Å². The summed E-state index contributed by atoms with van der Waals surface area (Å²) in [6, 6.07) is 0. The van der Waals surface area contributed by atoms with Crippen molar-refractivity contribution in [2.45, 2.75) is 12.8 Å². The van der Waals surface area contributed by atoms with Gasteiger partial charge in [-0.3, -0.25) is 9.59 Å². The van der Waals surface area contributed by atoms with Crippen LogP contribution in [0.4, 0.5) is 0 Å². The van der Waals surface area contributed by atoms with Gasteiger partial charge in [0.2, 0.25) is 0 Å². The van der Waals surface area contributed by atoms with Gasteiger partial charge in [-0.1, -0.05) is 6.42 Å². The van der Waals surface area contributed by atoms with Crippen molar-refractivity contribution in [1.82, 2.24) is 0 Å². The molecule has 0 aromatic heterocycles. The smallest absolute Gasteiger partial charge is 0 e. The molecule has 0 rings (SSSR count). The van der Waals surface area contributed by atoms with E-state index in [9.17, 15) is 14.7 Å². The van der Waals surface area contributed by atoms with Crippen molar-refractivity contribution < 1.29 is 163 Å². The number of hydrogen-bond acceptors (Lipinski definition) is 6. The Morgan fingerprint density at radius 3 is 1.21 bits per heavy atom. The number of rotatable bonds is 2. The first-order chi connectivity index (χ1) is 8.78. The molecule has 0 saturated carbocycles. The second-order valence-electron chi connectivity index (χ2n) is 1.50. The van der Waals surface area contributed by atoms with Crippen molar-refractivity contribution in [2.24, 2.45) is 0 Å². The fraction of sp³-hybridized carbons (Fsp3) is 0.250. The molecule has 0 fully saturated rings. The third kappa shape index (κ3) is 323. The topological polar surface area (TPSA) is 149 Å². The maximum atomic E-state index is 9.31. The van der Waals surface area contributed by atoms with Crippen LogP contribution in [0.2, 0.25) is 0 Å². The molecular weight excluding hydrogens is 595 g/mol. The van der Waals surface area contributed by atoms with Gasteiger partial charge in [0.25, 0.3) is 12.4 Å². The molecule has 0 amide bonds. The van der Waals surface area contributed by atoms with Gasteiger partial charge in [0.05, 0.1) is 0 Å². The quantitative estimate of drug-likeness (QED) is 0.179. The first kappa shape index (κ1) is 63.3. The molecule has 0 saturated heterocycles. The number of carboxylic acids is 2. The first-order valence-electron chi connectivity index (χ1n) is 3.67. The molecule has 16 heteroatoms. The van der Waals surface area contributed by atoms with Crippen molar-refractivity contribution in [3.05, 3.63) is 13.8 Å². The number of carbonyl (C=O) groups is 3. The minimum Gasteiger partial charge on any atom is 0 e. The van der Waals surface area contributed by atoms with Gasteiger partial charge in [0, 0.05) is 40.1 Å². The van der Waals surface area contributed by atoms with Crippen LogP contribution in [0.1, 0.15) is 12.8 Å². The molecule has 0 aliphatic rings. The van der Waals surface area contributed by atoms with Gasteiger partial charge in [-0.2, -0.15) is 9.59 Å². The van der Waals surface area contributed by atoms with E-state index in [2.05, 4.69) is 34.0 Å². The van der Waals surface area contributed by atoms with Crippen LogP contribution < -0.4 is 64.2 Å². The Labute approximate surface area is 230 Å². The Morgan fingerprint density at radius 2 is 1.21 bits per heavy atom. The van der Waals surface area contributed by atoms with Crippen LogP contribution in [0, 0.1) is 13.8 Å². The second kappa shape index (κ2) is 84.1. The van der Waals surface area contributed by atoms with Crippen molar-refractivity contribution in [2.75, 3.05) is 0 Å². The van der Waals surface area contributed by atoms with Gasteiger partial charge >= 0.3 is 116 Å². The number of hydrogen-bond donors (Lipinski definition) is 2. The Balaban J connectivity index is -0.0000000124. The fourth-order valence-electron chi connectivity index (χ4n) is 0. The van der Waals surface area contributed by atoms with E-state index >= 15 is 0 Å². The zero-order chi connectivity index (χ0) is 16.7. The van der Waals surface area contributed by atoms with Gasteiger partial charge in [-0.15, -0.1) is 6.42 Å². The molecule has 2 N–H and O–H groups in total. The minimum absolute atomic E-state index is 0. The molecule has 0 aromatic carbocycles. The first-order valence-corrected chi connectivity index (χ1v) is 6.26. The van der Waals surface area contributed by atoms with Crippen LogP contribution in [0.5, 0.6) is 0 Å². The van der Waals surface area contributed by atoms with Gasteiger partial charge < -0.3 is 34.0 Å². The van der Waals surface area contributed by atoms with E-state index in [4.69, 9.17) is 24.6 Å². The molecule has 0 spiro atoms. The molecule has 8 nitrogen and oxygen atoms in total. The molecular formula is C8H11Cl2Cu4Na2O8. The summed E-state index contributed by atoms with van der Waals surface area (Å²) in [5.74, 6) is -1.96. The number of aliphatic carboxylic acids is 2. The maximum Gasteiger partial charge on any atom is 1.00 e. The zero-order valence-electron chi connectivity index (χ0n) is 12.2. The van der Waals surface area contributed by atoms with Crippen LogP contribution in [0.15, 0.2) is 0 Å². The summed E-state index contributed by atoms with van der Waals surface area (Å²) in [5, 5.41) is 23.7. The fourth-order valence-corrected chi connectivity index (χ4v) is 0. The van der Waals surface area contributed by atoms with Crippen molar-refractivity contribution in [3.8, 4) is 0 Å². The molecule has 0 atom stereocenters.